The Bertz CT molecular complexity index is 743. The van der Waals surface area contributed by atoms with Crippen molar-refractivity contribution in [1.82, 2.24) is 4.57 Å². The van der Waals surface area contributed by atoms with E-state index >= 15 is 0 Å². The van der Waals surface area contributed by atoms with E-state index in [0.29, 0.717) is 0 Å². The zero-order valence-electron chi connectivity index (χ0n) is 12.1. The van der Waals surface area contributed by atoms with Crippen molar-refractivity contribution in [2.45, 2.75) is 25.9 Å². The first-order valence-electron chi connectivity index (χ1n) is 7.10. The van der Waals surface area contributed by atoms with Gasteiger partial charge in [0.15, 0.2) is 0 Å². The molecule has 2 aromatic rings. The number of allylic oxidation sites excluding steroid dienone is 4. The highest BCUT2D eigenvalue weighted by molar-refractivity contribution is 9.10. The monoisotopic (exact) mass is 348 g/mol. The molecule has 0 radical (unpaired) electrons. The van der Waals surface area contributed by atoms with Gasteiger partial charge in [-0.15, -0.1) is 0 Å². The second kappa shape index (κ2) is 5.43. The van der Waals surface area contributed by atoms with Crippen molar-refractivity contribution in [1.29, 1.82) is 0 Å². The zero-order chi connectivity index (χ0) is 15.1. The maximum atomic E-state index is 13.8. The first-order valence-corrected chi connectivity index (χ1v) is 7.89. The average molecular weight is 349 g/mol. The predicted molar refractivity (Wildman–Crippen MR) is 88.8 cm³/mol. The second-order valence-electron chi connectivity index (χ2n) is 5.64. The van der Waals surface area contributed by atoms with Crippen LogP contribution in [0.2, 0.25) is 0 Å². The van der Waals surface area contributed by atoms with E-state index in [2.05, 4.69) is 39.6 Å². The molecule has 0 saturated carbocycles. The fraction of sp³-hybridized carbons (Fsp3) is 0.294. The van der Waals surface area contributed by atoms with Crippen LogP contribution in [0.25, 0.3) is 10.9 Å². The predicted octanol–water partition coefficient (Wildman–Crippen LogP) is 5.02. The number of rotatable bonds is 2. The molecule has 0 amide bonds. The highest BCUT2D eigenvalue weighted by atomic mass is 79.9. The number of nitrogens with zero attached hydrogens (tertiary/aromatic N) is 1. The first-order chi connectivity index (χ1) is 10.0. The van der Waals surface area contributed by atoms with E-state index in [1.54, 1.807) is 6.08 Å². The van der Waals surface area contributed by atoms with Crippen LogP contribution in [0.4, 0.5) is 4.39 Å². The number of halogens is 2. The molecule has 1 heterocycles. The maximum absolute atomic E-state index is 13.8. The van der Waals surface area contributed by atoms with Crippen LogP contribution in [-0.2, 0) is 0 Å². The van der Waals surface area contributed by atoms with Crippen LogP contribution < -0.4 is 5.73 Å². The van der Waals surface area contributed by atoms with Crippen molar-refractivity contribution in [2.75, 3.05) is 0 Å². The third-order valence-electron chi connectivity index (χ3n) is 4.04. The van der Waals surface area contributed by atoms with Crippen LogP contribution in [-0.4, -0.2) is 4.57 Å². The van der Waals surface area contributed by atoms with Crippen molar-refractivity contribution in [3.63, 3.8) is 0 Å². The Morgan fingerprint density at radius 1 is 1.33 bits per heavy atom. The van der Waals surface area contributed by atoms with E-state index in [1.165, 1.54) is 6.08 Å². The minimum Gasteiger partial charge on any atom is -0.334 e. The van der Waals surface area contributed by atoms with E-state index in [4.69, 9.17) is 5.73 Å². The minimum absolute atomic E-state index is 0.0628. The molecule has 4 heteroatoms. The average Bonchev–Trinajstić information content (AvgIpc) is 2.75. The van der Waals surface area contributed by atoms with Gasteiger partial charge >= 0.3 is 0 Å². The molecule has 1 aromatic heterocycles. The molecular weight excluding hydrogens is 331 g/mol. The number of benzene rings is 1. The number of hydrogen-bond acceptors (Lipinski definition) is 1. The lowest BCUT2D eigenvalue weighted by Gasteiger charge is -2.27. The van der Waals surface area contributed by atoms with Crippen LogP contribution in [0.3, 0.4) is 0 Å². The van der Waals surface area contributed by atoms with Gasteiger partial charge in [-0.3, -0.25) is 0 Å². The summed E-state index contributed by atoms with van der Waals surface area (Å²) in [6, 6.07) is 7.92. The maximum Gasteiger partial charge on any atom is 0.121 e. The van der Waals surface area contributed by atoms with Crippen LogP contribution in [0.15, 0.2) is 52.8 Å². The summed E-state index contributed by atoms with van der Waals surface area (Å²) in [5.41, 5.74) is 8.27. The number of fused-ring (bicyclic) bond motifs is 1. The van der Waals surface area contributed by atoms with Gasteiger partial charge in [-0.2, -0.15) is 0 Å². The van der Waals surface area contributed by atoms with Gasteiger partial charge in [0.25, 0.3) is 0 Å². The number of hydrogen-bond donors (Lipinski definition) is 1. The SMILES string of the molecule is CC(N)c1c(Br)c2ccccc2n1C1C=C(F)C=CC1C. The molecule has 2 nitrogen and oxygen atoms in total. The lowest BCUT2D eigenvalue weighted by atomic mass is 9.95. The molecule has 0 fully saturated rings. The summed E-state index contributed by atoms with van der Waals surface area (Å²) in [7, 11) is 0. The molecule has 3 unspecified atom stereocenters. The fourth-order valence-corrected chi connectivity index (χ4v) is 3.91. The Kier molecular flexibility index (Phi) is 3.76. The zero-order valence-corrected chi connectivity index (χ0v) is 13.6. The highest BCUT2D eigenvalue weighted by Crippen LogP contribution is 2.40. The summed E-state index contributed by atoms with van der Waals surface area (Å²) in [6.07, 6.45) is 5.12. The van der Waals surface area contributed by atoms with Gasteiger partial charge < -0.3 is 10.3 Å². The molecule has 2 N–H and O–H groups in total. The van der Waals surface area contributed by atoms with Crippen molar-refractivity contribution in [2.24, 2.45) is 11.7 Å². The molecule has 0 bridgehead atoms. The molecule has 3 atom stereocenters. The van der Waals surface area contributed by atoms with Crippen LogP contribution in [0.5, 0.6) is 0 Å². The Hall–Kier alpha value is -1.39. The molecule has 3 rings (SSSR count). The lowest BCUT2D eigenvalue weighted by molar-refractivity contribution is 0.458. The van der Waals surface area contributed by atoms with Gasteiger partial charge in [0.1, 0.15) is 5.83 Å². The van der Waals surface area contributed by atoms with Crippen molar-refractivity contribution in [3.8, 4) is 0 Å². The largest absolute Gasteiger partial charge is 0.334 e. The summed E-state index contributed by atoms with van der Waals surface area (Å²) in [5.74, 6) is 0.0207. The van der Waals surface area contributed by atoms with Gasteiger partial charge in [-0.1, -0.05) is 31.2 Å². The number of nitrogens with two attached hydrogens (primary N) is 1. The van der Waals surface area contributed by atoms with Gasteiger partial charge in [0, 0.05) is 15.9 Å². The van der Waals surface area contributed by atoms with E-state index in [-0.39, 0.29) is 23.8 Å². The minimum atomic E-state index is -0.192. The normalized spacial score (nSPS) is 23.4. The van der Waals surface area contributed by atoms with Crippen LogP contribution >= 0.6 is 15.9 Å². The molecule has 1 aliphatic rings. The summed E-state index contributed by atoms with van der Waals surface area (Å²) in [4.78, 5) is 0. The smallest absolute Gasteiger partial charge is 0.121 e. The Morgan fingerprint density at radius 2 is 2.05 bits per heavy atom. The van der Waals surface area contributed by atoms with Gasteiger partial charge in [-0.25, -0.2) is 4.39 Å². The third kappa shape index (κ3) is 2.36. The molecule has 0 aliphatic heterocycles. The van der Waals surface area contributed by atoms with Gasteiger partial charge in [0.2, 0.25) is 0 Å². The topological polar surface area (TPSA) is 30.9 Å². The van der Waals surface area contributed by atoms with Crippen molar-refractivity contribution in [3.05, 3.63) is 58.5 Å². The Morgan fingerprint density at radius 3 is 2.76 bits per heavy atom. The summed E-state index contributed by atoms with van der Waals surface area (Å²) >= 11 is 3.67. The van der Waals surface area contributed by atoms with Crippen molar-refractivity contribution < 1.29 is 4.39 Å². The fourth-order valence-electron chi connectivity index (χ4n) is 3.02. The molecule has 1 aliphatic carbocycles. The quantitative estimate of drug-likeness (QED) is 0.811. The summed E-state index contributed by atoms with van der Waals surface area (Å²) in [5, 5.41) is 1.11. The van der Waals surface area contributed by atoms with Gasteiger partial charge in [-0.05, 0) is 47.0 Å². The van der Waals surface area contributed by atoms with Crippen LogP contribution in [0, 0.1) is 5.92 Å². The molecule has 0 saturated heterocycles. The lowest BCUT2D eigenvalue weighted by Crippen LogP contribution is -2.21. The molecule has 21 heavy (non-hydrogen) atoms. The second-order valence-corrected chi connectivity index (χ2v) is 6.43. The number of aromatic nitrogens is 1. The van der Waals surface area contributed by atoms with E-state index in [1.807, 2.05) is 25.1 Å². The standard InChI is InChI=1S/C17H18BrFN2/c1-10-7-8-12(19)9-15(10)21-14-6-4-3-5-13(14)16(18)17(21)11(2)20/h3-11,15H,20H2,1-2H3. The van der Waals surface area contributed by atoms with Crippen molar-refractivity contribution >= 4 is 26.8 Å². The first kappa shape index (κ1) is 14.5. The Labute approximate surface area is 132 Å². The Balaban J connectivity index is 2.31. The molecule has 0 spiro atoms. The van der Waals surface area contributed by atoms with E-state index in [9.17, 15) is 4.39 Å². The number of para-hydroxylation sites is 1. The summed E-state index contributed by atoms with van der Waals surface area (Å²) in [6.45, 7) is 4.05. The van der Waals surface area contributed by atoms with Crippen LogP contribution in [0.1, 0.15) is 31.6 Å². The van der Waals surface area contributed by atoms with E-state index < -0.39 is 0 Å². The third-order valence-corrected chi connectivity index (χ3v) is 4.88. The highest BCUT2D eigenvalue weighted by Gasteiger charge is 2.26. The van der Waals surface area contributed by atoms with Gasteiger partial charge in [0.05, 0.1) is 17.3 Å². The molecule has 110 valence electrons. The van der Waals surface area contributed by atoms with E-state index in [0.717, 1.165) is 21.1 Å². The molecule has 1 aromatic carbocycles. The summed E-state index contributed by atoms with van der Waals surface area (Å²) < 4.78 is 16.9. The molecular formula is C17H18BrFN2.